The molecule has 4 nitrogen and oxygen atoms in total. The topological polar surface area (TPSA) is 66.8 Å². The van der Waals surface area contributed by atoms with E-state index < -0.39 is 13.7 Å². The van der Waals surface area contributed by atoms with Gasteiger partial charge in [-0.3, -0.25) is 4.57 Å². The van der Waals surface area contributed by atoms with Gasteiger partial charge in [-0.15, -0.1) is 0 Å². The first-order valence-electron chi connectivity index (χ1n) is 14.2. The molecule has 0 aromatic rings. The largest absolute Gasteiger partial charge is 0.392 e. The first kappa shape index (κ1) is 31.5. The Morgan fingerprint density at radius 1 is 0.848 bits per heavy atom. The van der Waals surface area contributed by atoms with Gasteiger partial charge in [0, 0.05) is 0 Å². The summed E-state index contributed by atoms with van der Waals surface area (Å²) >= 11 is 2.13. The fraction of sp³-hybridized carbons (Fsp3) is 1.00. The Morgan fingerprint density at radius 3 is 1.97 bits per heavy atom. The number of thioether (sulfide) groups is 1. The molecule has 0 heterocycles. The van der Waals surface area contributed by atoms with Crippen LogP contribution in [0.15, 0.2) is 0 Å². The summed E-state index contributed by atoms with van der Waals surface area (Å²) in [6.07, 6.45) is 21.6. The smallest absolute Gasteiger partial charge is 0.330 e. The van der Waals surface area contributed by atoms with Crippen LogP contribution in [-0.4, -0.2) is 40.4 Å². The molecule has 0 saturated heterocycles. The zero-order valence-electron chi connectivity index (χ0n) is 21.9. The number of hydrogen-bond acceptors (Lipinski definition) is 4. The first-order chi connectivity index (χ1) is 16.0. The first-order valence-corrected chi connectivity index (χ1v) is 17.1. The standard InChI is InChI=1S/C27H55O4PS/c1-3-5-6-7-8-11-16-22-33-23-17-12-9-10-13-20-26(25-18-14-15-19-25)27(28)24-32(29,30)31-21-4-2/h25-28H,3-24H2,1-2H3,(H,29,30). The summed E-state index contributed by atoms with van der Waals surface area (Å²) < 4.78 is 17.4. The van der Waals surface area contributed by atoms with Crippen molar-refractivity contribution < 1.29 is 19.1 Å². The molecule has 1 fully saturated rings. The van der Waals surface area contributed by atoms with Crippen LogP contribution < -0.4 is 0 Å². The Kier molecular flexibility index (Phi) is 19.7. The van der Waals surface area contributed by atoms with Crippen LogP contribution in [0.25, 0.3) is 0 Å². The third-order valence-corrected chi connectivity index (χ3v) is 9.71. The van der Waals surface area contributed by atoms with Gasteiger partial charge in [-0.05, 0) is 49.0 Å². The summed E-state index contributed by atoms with van der Waals surface area (Å²) in [5.74, 6) is 3.28. The molecule has 0 aromatic heterocycles. The Hall–Kier alpha value is 0.460. The van der Waals surface area contributed by atoms with E-state index in [0.717, 1.165) is 25.7 Å². The molecule has 0 radical (unpaired) electrons. The van der Waals surface area contributed by atoms with E-state index in [1.165, 1.54) is 95.0 Å². The SMILES string of the molecule is CCCCCCCCCSCCCCCCCC(C(O)CP(=O)(O)OCCC)C1CCCC1. The Morgan fingerprint density at radius 2 is 1.39 bits per heavy atom. The number of aliphatic hydroxyl groups is 1. The van der Waals surface area contributed by atoms with Gasteiger partial charge in [0.15, 0.2) is 0 Å². The molecule has 0 aliphatic heterocycles. The number of rotatable bonds is 23. The molecule has 33 heavy (non-hydrogen) atoms. The molecule has 3 atom stereocenters. The molecular formula is C27H55O4PS. The summed E-state index contributed by atoms with van der Waals surface area (Å²) in [4.78, 5) is 10.1. The van der Waals surface area contributed by atoms with Crippen LogP contribution in [-0.2, 0) is 9.09 Å². The van der Waals surface area contributed by atoms with Gasteiger partial charge in [0.2, 0.25) is 0 Å². The highest BCUT2D eigenvalue weighted by Crippen LogP contribution is 2.46. The molecule has 1 aliphatic rings. The third-order valence-electron chi connectivity index (χ3n) is 7.13. The van der Waals surface area contributed by atoms with Crippen molar-refractivity contribution in [2.75, 3.05) is 24.3 Å². The molecule has 1 aliphatic carbocycles. The van der Waals surface area contributed by atoms with E-state index in [4.69, 9.17) is 4.52 Å². The molecule has 0 spiro atoms. The lowest BCUT2D eigenvalue weighted by atomic mass is 9.83. The van der Waals surface area contributed by atoms with Crippen LogP contribution in [0.4, 0.5) is 0 Å². The second-order valence-electron chi connectivity index (χ2n) is 10.2. The average molecular weight is 507 g/mol. The molecule has 1 saturated carbocycles. The van der Waals surface area contributed by atoms with Crippen molar-refractivity contribution in [3.8, 4) is 0 Å². The van der Waals surface area contributed by atoms with Gasteiger partial charge >= 0.3 is 7.60 Å². The van der Waals surface area contributed by atoms with Gasteiger partial charge in [-0.1, -0.05) is 104 Å². The van der Waals surface area contributed by atoms with Crippen molar-refractivity contribution in [2.24, 2.45) is 11.8 Å². The fourth-order valence-corrected chi connectivity index (χ4v) is 7.50. The van der Waals surface area contributed by atoms with E-state index in [9.17, 15) is 14.6 Å². The highest BCUT2D eigenvalue weighted by molar-refractivity contribution is 7.99. The molecule has 0 amide bonds. The minimum atomic E-state index is -3.69. The van der Waals surface area contributed by atoms with E-state index in [-0.39, 0.29) is 18.7 Å². The van der Waals surface area contributed by atoms with Crippen LogP contribution >= 0.6 is 19.4 Å². The zero-order chi connectivity index (χ0) is 24.2. The molecular weight excluding hydrogens is 451 g/mol. The maximum absolute atomic E-state index is 12.3. The number of unbranched alkanes of at least 4 members (excludes halogenated alkanes) is 10. The van der Waals surface area contributed by atoms with E-state index in [2.05, 4.69) is 18.7 Å². The summed E-state index contributed by atoms with van der Waals surface area (Å²) in [5, 5.41) is 10.8. The molecule has 1 rings (SSSR count). The summed E-state index contributed by atoms with van der Waals surface area (Å²) in [7, 11) is -3.69. The molecule has 0 aromatic carbocycles. The van der Waals surface area contributed by atoms with Gasteiger partial charge in [-0.25, -0.2) is 0 Å². The van der Waals surface area contributed by atoms with Crippen molar-refractivity contribution in [3.63, 3.8) is 0 Å². The normalized spacial score (nSPS) is 18.4. The molecule has 0 bridgehead atoms. The van der Waals surface area contributed by atoms with Crippen molar-refractivity contribution in [1.82, 2.24) is 0 Å². The highest BCUT2D eigenvalue weighted by Gasteiger charge is 2.34. The van der Waals surface area contributed by atoms with Crippen LogP contribution in [0, 0.1) is 11.8 Å². The van der Waals surface area contributed by atoms with Gasteiger partial charge in [-0.2, -0.15) is 11.8 Å². The lowest BCUT2D eigenvalue weighted by Gasteiger charge is -2.29. The molecule has 198 valence electrons. The van der Waals surface area contributed by atoms with Crippen molar-refractivity contribution in [2.45, 2.75) is 136 Å². The van der Waals surface area contributed by atoms with Crippen LogP contribution in [0.3, 0.4) is 0 Å². The molecule has 6 heteroatoms. The van der Waals surface area contributed by atoms with E-state index >= 15 is 0 Å². The van der Waals surface area contributed by atoms with Crippen molar-refractivity contribution in [3.05, 3.63) is 0 Å². The molecule has 3 unspecified atom stereocenters. The predicted molar refractivity (Wildman–Crippen MR) is 145 cm³/mol. The van der Waals surface area contributed by atoms with E-state index in [1.807, 2.05) is 6.92 Å². The lowest BCUT2D eigenvalue weighted by molar-refractivity contribution is 0.0775. The Balaban J connectivity index is 2.11. The lowest BCUT2D eigenvalue weighted by Crippen LogP contribution is -2.30. The molecule has 2 N–H and O–H groups in total. The fourth-order valence-electron chi connectivity index (χ4n) is 5.16. The third kappa shape index (κ3) is 16.7. The highest BCUT2D eigenvalue weighted by atomic mass is 32.2. The Labute approximate surface area is 210 Å². The number of aliphatic hydroxyl groups excluding tert-OH is 1. The van der Waals surface area contributed by atoms with E-state index in [1.54, 1.807) is 0 Å². The number of hydrogen-bond donors (Lipinski definition) is 2. The van der Waals surface area contributed by atoms with Crippen LogP contribution in [0.1, 0.15) is 129 Å². The monoisotopic (exact) mass is 506 g/mol. The maximum Gasteiger partial charge on any atom is 0.330 e. The Bertz CT molecular complexity index is 485. The van der Waals surface area contributed by atoms with Gasteiger partial charge in [0.05, 0.1) is 18.9 Å². The second-order valence-corrected chi connectivity index (χ2v) is 13.3. The summed E-state index contributed by atoms with van der Waals surface area (Å²) in [6.45, 7) is 4.48. The van der Waals surface area contributed by atoms with Crippen LogP contribution in [0.2, 0.25) is 0 Å². The predicted octanol–water partition coefficient (Wildman–Crippen LogP) is 8.59. The van der Waals surface area contributed by atoms with Gasteiger partial charge < -0.3 is 14.5 Å². The summed E-state index contributed by atoms with van der Waals surface area (Å²) in [5.41, 5.74) is 0. The van der Waals surface area contributed by atoms with Crippen molar-refractivity contribution in [1.29, 1.82) is 0 Å². The minimum Gasteiger partial charge on any atom is -0.392 e. The minimum absolute atomic E-state index is 0.107. The quantitative estimate of drug-likeness (QED) is 0.107. The maximum atomic E-state index is 12.3. The second kappa shape index (κ2) is 20.6. The average Bonchev–Trinajstić information content (AvgIpc) is 3.31. The van der Waals surface area contributed by atoms with Crippen LogP contribution in [0.5, 0.6) is 0 Å². The summed E-state index contributed by atoms with van der Waals surface area (Å²) in [6, 6.07) is 0. The van der Waals surface area contributed by atoms with Gasteiger partial charge in [0.1, 0.15) is 0 Å². The zero-order valence-corrected chi connectivity index (χ0v) is 23.6. The van der Waals surface area contributed by atoms with Crippen molar-refractivity contribution >= 4 is 19.4 Å². The van der Waals surface area contributed by atoms with Gasteiger partial charge in [0.25, 0.3) is 0 Å². The van der Waals surface area contributed by atoms with E-state index in [0.29, 0.717) is 12.3 Å².